The number of rotatable bonds is 1. The lowest BCUT2D eigenvalue weighted by atomic mass is 9.44. The van der Waals surface area contributed by atoms with E-state index in [-0.39, 0.29) is 40.0 Å². The van der Waals surface area contributed by atoms with Crippen molar-refractivity contribution in [2.45, 2.75) is 71.8 Å². The molecule has 4 heteroatoms. The summed E-state index contributed by atoms with van der Waals surface area (Å²) in [5.74, 6) is 0.880. The van der Waals surface area contributed by atoms with Crippen LogP contribution in [0.4, 0.5) is 0 Å². The van der Waals surface area contributed by atoms with Crippen molar-refractivity contribution in [3.63, 3.8) is 0 Å². The zero-order valence-corrected chi connectivity index (χ0v) is 16.6. The van der Waals surface area contributed by atoms with Gasteiger partial charge in [-0.05, 0) is 55.8 Å². The molecule has 0 bridgehead atoms. The Hall–Kier alpha value is -1.58. The largest absolute Gasteiger partial charge is 0.493 e. The second-order valence-corrected chi connectivity index (χ2v) is 9.82. The zero-order chi connectivity index (χ0) is 18.9. The number of fused-ring (bicyclic) bond motifs is 3. The molecule has 0 aromatic heterocycles. The van der Waals surface area contributed by atoms with Gasteiger partial charge in [-0.25, -0.2) is 0 Å². The van der Waals surface area contributed by atoms with E-state index in [1.54, 1.807) is 0 Å². The number of methoxy groups -OCH3 is 1. The van der Waals surface area contributed by atoms with E-state index in [1.165, 1.54) is 32.4 Å². The van der Waals surface area contributed by atoms with Gasteiger partial charge in [0.1, 0.15) is 5.60 Å². The minimum absolute atomic E-state index is 0.130. The molecule has 2 saturated carbocycles. The van der Waals surface area contributed by atoms with Gasteiger partial charge in [-0.3, -0.25) is 9.59 Å². The summed E-state index contributed by atoms with van der Waals surface area (Å²) in [6, 6.07) is 0. The van der Waals surface area contributed by atoms with Gasteiger partial charge in [0.2, 0.25) is 11.6 Å². The lowest BCUT2D eigenvalue weighted by Gasteiger charge is -2.63. The molecule has 0 saturated heterocycles. The number of Topliss-reactive ketones (excluding diaryl/α,β-unsaturated/α-hetero) is 1. The number of ketones is 2. The summed E-state index contributed by atoms with van der Waals surface area (Å²) in [5, 5.41) is 0. The Morgan fingerprint density at radius 2 is 1.81 bits per heavy atom. The Morgan fingerprint density at radius 3 is 2.50 bits per heavy atom. The third kappa shape index (κ3) is 2.26. The molecule has 3 aliphatic carbocycles. The molecule has 2 fully saturated rings. The molecular formula is C22H30O4. The lowest BCUT2D eigenvalue weighted by Crippen LogP contribution is -2.60. The molecule has 0 aromatic rings. The Morgan fingerprint density at radius 1 is 1.08 bits per heavy atom. The fourth-order valence-electron chi connectivity index (χ4n) is 6.71. The SMILES string of the molecule is COC1=CC(=O)C2=C(C[C@@H]3[C@@]4(C)CCCC(C)(C)[C@@H]4CC[C@@]3(C)O2)C1=O. The van der Waals surface area contributed by atoms with E-state index in [1.807, 2.05) is 0 Å². The van der Waals surface area contributed by atoms with Crippen LogP contribution in [-0.2, 0) is 19.1 Å². The highest BCUT2D eigenvalue weighted by Gasteiger charge is 2.61. The minimum Gasteiger partial charge on any atom is -0.493 e. The Bertz CT molecular complexity index is 743. The van der Waals surface area contributed by atoms with Gasteiger partial charge in [0.05, 0.1) is 7.11 Å². The molecule has 0 spiro atoms. The van der Waals surface area contributed by atoms with E-state index in [4.69, 9.17) is 9.47 Å². The molecule has 4 atom stereocenters. The highest BCUT2D eigenvalue weighted by atomic mass is 16.5. The lowest BCUT2D eigenvalue weighted by molar-refractivity contribution is -0.186. The van der Waals surface area contributed by atoms with E-state index < -0.39 is 0 Å². The first kappa shape index (κ1) is 17.8. The normalized spacial score (nSPS) is 41.5. The third-order valence-electron chi connectivity index (χ3n) is 7.96. The van der Waals surface area contributed by atoms with Crippen LogP contribution in [0.15, 0.2) is 23.2 Å². The van der Waals surface area contributed by atoms with Crippen molar-refractivity contribution in [3.8, 4) is 0 Å². The van der Waals surface area contributed by atoms with Crippen molar-refractivity contribution in [1.82, 2.24) is 0 Å². The van der Waals surface area contributed by atoms with Gasteiger partial charge in [-0.2, -0.15) is 0 Å². The summed E-state index contributed by atoms with van der Waals surface area (Å²) >= 11 is 0. The van der Waals surface area contributed by atoms with Crippen molar-refractivity contribution >= 4 is 11.6 Å². The molecule has 4 rings (SSSR count). The van der Waals surface area contributed by atoms with Crippen molar-refractivity contribution in [2.24, 2.45) is 22.7 Å². The maximum absolute atomic E-state index is 12.8. The molecule has 1 heterocycles. The maximum atomic E-state index is 12.8. The van der Waals surface area contributed by atoms with E-state index in [9.17, 15) is 9.59 Å². The molecule has 4 aliphatic rings. The predicted molar refractivity (Wildman–Crippen MR) is 98.2 cm³/mol. The van der Waals surface area contributed by atoms with Gasteiger partial charge in [0, 0.05) is 17.6 Å². The van der Waals surface area contributed by atoms with Crippen LogP contribution in [0.5, 0.6) is 0 Å². The standard InChI is InChI=1S/C22H30O4/c1-20(2)8-6-9-21(3)16(20)7-10-22(4)17(21)11-13-18(24)15(25-5)12-14(23)19(13)26-22/h12,16-17H,6-11H2,1-5H3/t16-,17+,21-,22+/m0/s1. The van der Waals surface area contributed by atoms with Crippen molar-refractivity contribution in [3.05, 3.63) is 23.2 Å². The number of ether oxygens (including phenoxy) is 2. The van der Waals surface area contributed by atoms with E-state index >= 15 is 0 Å². The van der Waals surface area contributed by atoms with Gasteiger partial charge in [0.15, 0.2) is 11.5 Å². The van der Waals surface area contributed by atoms with Crippen LogP contribution < -0.4 is 0 Å². The predicted octanol–water partition coefficient (Wildman–Crippen LogP) is 4.34. The second-order valence-electron chi connectivity index (χ2n) is 9.82. The molecule has 26 heavy (non-hydrogen) atoms. The van der Waals surface area contributed by atoms with Crippen LogP contribution in [0, 0.1) is 22.7 Å². The molecule has 4 nitrogen and oxygen atoms in total. The number of hydrogen-bond donors (Lipinski definition) is 0. The monoisotopic (exact) mass is 358 g/mol. The summed E-state index contributed by atoms with van der Waals surface area (Å²) in [5.41, 5.74) is 0.603. The number of allylic oxidation sites excluding steroid dienone is 2. The van der Waals surface area contributed by atoms with Gasteiger partial charge >= 0.3 is 0 Å². The average Bonchev–Trinajstić information content (AvgIpc) is 2.56. The first-order chi connectivity index (χ1) is 12.1. The minimum atomic E-state index is -0.369. The molecule has 1 aliphatic heterocycles. The fourth-order valence-corrected chi connectivity index (χ4v) is 6.71. The topological polar surface area (TPSA) is 52.6 Å². The highest BCUT2D eigenvalue weighted by Crippen LogP contribution is 2.65. The van der Waals surface area contributed by atoms with E-state index in [0.29, 0.717) is 23.3 Å². The summed E-state index contributed by atoms with van der Waals surface area (Å²) in [6.07, 6.45) is 7.62. The van der Waals surface area contributed by atoms with Crippen LogP contribution in [-0.4, -0.2) is 24.3 Å². The molecule has 0 N–H and O–H groups in total. The van der Waals surface area contributed by atoms with Crippen LogP contribution in [0.25, 0.3) is 0 Å². The average molecular weight is 358 g/mol. The molecule has 142 valence electrons. The number of hydrogen-bond acceptors (Lipinski definition) is 4. The van der Waals surface area contributed by atoms with E-state index in [0.717, 1.165) is 12.8 Å². The quantitative estimate of drug-likeness (QED) is 0.654. The number of carbonyl (C=O) groups is 2. The van der Waals surface area contributed by atoms with E-state index in [2.05, 4.69) is 27.7 Å². The molecule has 0 radical (unpaired) electrons. The Labute approximate surface area is 156 Å². The first-order valence-corrected chi connectivity index (χ1v) is 9.89. The van der Waals surface area contributed by atoms with Gasteiger partial charge < -0.3 is 9.47 Å². The maximum Gasteiger partial charge on any atom is 0.227 e. The summed E-state index contributed by atoms with van der Waals surface area (Å²) in [6.45, 7) is 9.34. The van der Waals surface area contributed by atoms with Crippen molar-refractivity contribution < 1.29 is 19.1 Å². The third-order valence-corrected chi connectivity index (χ3v) is 7.96. The Kier molecular flexibility index (Phi) is 3.74. The van der Waals surface area contributed by atoms with Crippen LogP contribution in [0.2, 0.25) is 0 Å². The zero-order valence-electron chi connectivity index (χ0n) is 16.6. The van der Waals surface area contributed by atoms with Crippen LogP contribution >= 0.6 is 0 Å². The van der Waals surface area contributed by atoms with Gasteiger partial charge in [-0.1, -0.05) is 27.2 Å². The van der Waals surface area contributed by atoms with Crippen molar-refractivity contribution in [2.75, 3.05) is 7.11 Å². The van der Waals surface area contributed by atoms with Crippen LogP contribution in [0.1, 0.15) is 66.2 Å². The van der Waals surface area contributed by atoms with Gasteiger partial charge in [-0.15, -0.1) is 0 Å². The fraction of sp³-hybridized carbons (Fsp3) is 0.727. The first-order valence-electron chi connectivity index (χ1n) is 9.89. The summed E-state index contributed by atoms with van der Waals surface area (Å²) in [7, 11) is 1.44. The second kappa shape index (κ2) is 5.46. The number of carbonyl (C=O) groups excluding carboxylic acids is 2. The van der Waals surface area contributed by atoms with Crippen LogP contribution in [0.3, 0.4) is 0 Å². The van der Waals surface area contributed by atoms with Gasteiger partial charge in [0.25, 0.3) is 0 Å². The summed E-state index contributed by atoms with van der Waals surface area (Å²) in [4.78, 5) is 25.4. The molecule has 0 amide bonds. The molecular weight excluding hydrogens is 328 g/mol. The molecule has 0 unspecified atom stereocenters. The highest BCUT2D eigenvalue weighted by molar-refractivity contribution is 6.21. The smallest absolute Gasteiger partial charge is 0.227 e. The van der Waals surface area contributed by atoms with Crippen molar-refractivity contribution in [1.29, 1.82) is 0 Å². The Balaban J connectivity index is 1.77. The summed E-state index contributed by atoms with van der Waals surface area (Å²) < 4.78 is 11.5. The molecule has 0 aromatic carbocycles.